The van der Waals surface area contributed by atoms with E-state index >= 15 is 0 Å². The fraction of sp³-hybridized carbons (Fsp3) is 0.400. The van der Waals surface area contributed by atoms with Gasteiger partial charge in [0, 0.05) is 55.9 Å². The number of carbonyl (C=O) groups excluding carboxylic acids is 1. The van der Waals surface area contributed by atoms with E-state index in [0.717, 1.165) is 69.4 Å². The van der Waals surface area contributed by atoms with Gasteiger partial charge in [-0.25, -0.2) is 13.1 Å². The molecule has 3 aliphatic rings. The maximum absolute atomic E-state index is 13.5. The summed E-state index contributed by atoms with van der Waals surface area (Å²) in [5.41, 5.74) is 4.13. The van der Waals surface area contributed by atoms with Crippen molar-refractivity contribution in [2.24, 2.45) is 5.41 Å². The number of pyridine rings is 1. The molecule has 0 saturated carbocycles. The molecule has 2 fully saturated rings. The minimum absolute atomic E-state index is 0.0292. The van der Waals surface area contributed by atoms with E-state index in [1.807, 2.05) is 35.5 Å². The van der Waals surface area contributed by atoms with Crippen molar-refractivity contribution >= 4 is 33.2 Å². The number of aromatic nitrogens is 1. The maximum atomic E-state index is 13.5. The average molecular weight is 565 g/mol. The second-order valence-corrected chi connectivity index (χ2v) is 13.1. The normalized spacial score (nSPS) is 20.7. The number of aryl methyl sites for hydroxylation is 1. The van der Waals surface area contributed by atoms with Crippen LogP contribution in [0.25, 0.3) is 0 Å². The first kappa shape index (κ1) is 26.3. The number of carbonyl (C=O) groups is 1. The molecule has 2 aliphatic heterocycles. The van der Waals surface area contributed by atoms with Gasteiger partial charge in [-0.05, 0) is 91.5 Å². The lowest BCUT2D eigenvalue weighted by Crippen LogP contribution is -2.48. The number of benzene rings is 2. The Kier molecular flexibility index (Phi) is 7.12. The third-order valence-corrected chi connectivity index (χ3v) is 10.8. The van der Waals surface area contributed by atoms with Crippen molar-refractivity contribution in [3.05, 3.63) is 88.7 Å². The Bertz CT molecular complexity index is 1460. The summed E-state index contributed by atoms with van der Waals surface area (Å²) >= 11 is 6.16. The molecule has 1 aromatic heterocycles. The molecule has 2 saturated heterocycles. The largest absolute Gasteiger partial charge is 0.371 e. The smallest absolute Gasteiger partial charge is 0.253 e. The van der Waals surface area contributed by atoms with Crippen LogP contribution >= 0.6 is 11.6 Å². The minimum atomic E-state index is -3.79. The molecule has 1 spiro atoms. The monoisotopic (exact) mass is 564 g/mol. The van der Waals surface area contributed by atoms with E-state index in [9.17, 15) is 13.2 Å². The van der Waals surface area contributed by atoms with Gasteiger partial charge >= 0.3 is 0 Å². The number of halogens is 1. The summed E-state index contributed by atoms with van der Waals surface area (Å²) in [7, 11) is -3.79. The number of rotatable bonds is 5. The van der Waals surface area contributed by atoms with Crippen LogP contribution in [0.2, 0.25) is 5.02 Å². The molecule has 7 nitrogen and oxygen atoms in total. The molecule has 0 bridgehead atoms. The third kappa shape index (κ3) is 5.30. The molecule has 1 aliphatic carbocycles. The molecule has 3 aromatic rings. The Balaban J connectivity index is 1.10. The fourth-order valence-corrected chi connectivity index (χ4v) is 8.20. The van der Waals surface area contributed by atoms with Crippen molar-refractivity contribution in [1.29, 1.82) is 0 Å². The third-order valence-electron chi connectivity index (χ3n) is 8.86. The van der Waals surface area contributed by atoms with Crippen LogP contribution in [0.3, 0.4) is 0 Å². The van der Waals surface area contributed by atoms with Gasteiger partial charge in [0.25, 0.3) is 5.91 Å². The summed E-state index contributed by atoms with van der Waals surface area (Å²) in [6.07, 6.45) is 9.44. The number of hydrogen-bond donors (Lipinski definition) is 1. The van der Waals surface area contributed by atoms with Crippen molar-refractivity contribution in [3.8, 4) is 0 Å². The van der Waals surface area contributed by atoms with Crippen molar-refractivity contribution in [1.82, 2.24) is 14.6 Å². The zero-order valence-electron chi connectivity index (χ0n) is 21.9. The molecule has 204 valence electrons. The number of likely N-dealkylation sites (tertiary alicyclic amines) is 1. The summed E-state index contributed by atoms with van der Waals surface area (Å²) < 4.78 is 28.9. The van der Waals surface area contributed by atoms with Gasteiger partial charge in [-0.1, -0.05) is 29.8 Å². The first-order valence-electron chi connectivity index (χ1n) is 13.7. The van der Waals surface area contributed by atoms with E-state index < -0.39 is 10.0 Å². The van der Waals surface area contributed by atoms with Gasteiger partial charge in [0.2, 0.25) is 10.0 Å². The van der Waals surface area contributed by atoms with Crippen molar-refractivity contribution in [2.45, 2.75) is 49.5 Å². The number of amides is 1. The van der Waals surface area contributed by atoms with Crippen LogP contribution in [0, 0.1) is 5.41 Å². The number of anilines is 1. The Morgan fingerprint density at radius 1 is 0.949 bits per heavy atom. The molecule has 6 rings (SSSR count). The summed E-state index contributed by atoms with van der Waals surface area (Å²) in [5, 5.41) is 0.193. The van der Waals surface area contributed by atoms with Gasteiger partial charge in [-0.2, -0.15) is 0 Å². The zero-order chi connectivity index (χ0) is 27.0. The van der Waals surface area contributed by atoms with Crippen LogP contribution in [0.4, 0.5) is 5.69 Å². The lowest BCUT2D eigenvalue weighted by molar-refractivity contribution is 0.0515. The molecule has 1 amide bonds. The van der Waals surface area contributed by atoms with Crippen LogP contribution in [-0.4, -0.2) is 50.4 Å². The predicted molar refractivity (Wildman–Crippen MR) is 153 cm³/mol. The van der Waals surface area contributed by atoms with Crippen LogP contribution < -0.4 is 9.62 Å². The van der Waals surface area contributed by atoms with E-state index in [4.69, 9.17) is 11.6 Å². The highest BCUT2D eigenvalue weighted by Crippen LogP contribution is 2.42. The molecular formula is C30H33ClN4O3S. The van der Waals surface area contributed by atoms with Crippen molar-refractivity contribution < 1.29 is 13.2 Å². The summed E-state index contributed by atoms with van der Waals surface area (Å²) in [6.45, 7) is 3.59. The Labute approximate surface area is 235 Å². The van der Waals surface area contributed by atoms with E-state index in [1.165, 1.54) is 11.8 Å². The number of fused-ring (bicyclic) bond motifs is 1. The van der Waals surface area contributed by atoms with Crippen LogP contribution in [0.15, 0.2) is 71.9 Å². The molecular weight excluding hydrogens is 532 g/mol. The van der Waals surface area contributed by atoms with E-state index in [1.54, 1.807) is 18.2 Å². The molecule has 9 heteroatoms. The first-order valence-corrected chi connectivity index (χ1v) is 15.5. The number of hydrogen-bond acceptors (Lipinski definition) is 5. The number of nitrogens with one attached hydrogen (secondary N) is 1. The zero-order valence-corrected chi connectivity index (χ0v) is 23.4. The standard InChI is InChI=1S/C30H33ClN4O3S/c31-26-3-1-2-4-28(26)39(37,38)33-27-8-7-22-5-6-23(21-25(22)27)29(36)35-19-13-30(14-20-35)11-17-34(18-12-30)24-9-15-32-16-10-24/h1-6,9-10,15-16,21,27,33H,7-8,11-14,17-20H2. The quantitative estimate of drug-likeness (QED) is 0.459. The first-order chi connectivity index (χ1) is 18.8. The average Bonchev–Trinajstić information content (AvgIpc) is 3.35. The van der Waals surface area contributed by atoms with Gasteiger partial charge in [0.1, 0.15) is 4.90 Å². The highest BCUT2D eigenvalue weighted by Gasteiger charge is 2.39. The lowest BCUT2D eigenvalue weighted by Gasteiger charge is -2.47. The Morgan fingerprint density at radius 3 is 2.36 bits per heavy atom. The molecule has 2 aromatic carbocycles. The molecule has 1 N–H and O–H groups in total. The summed E-state index contributed by atoms with van der Waals surface area (Å²) in [4.78, 5) is 22.1. The Morgan fingerprint density at radius 2 is 1.64 bits per heavy atom. The van der Waals surface area contributed by atoms with Crippen LogP contribution in [0.1, 0.15) is 59.6 Å². The summed E-state index contributed by atoms with van der Waals surface area (Å²) in [6, 6.07) is 16.0. The van der Waals surface area contributed by atoms with E-state index in [0.29, 0.717) is 17.4 Å². The number of sulfonamides is 1. The van der Waals surface area contributed by atoms with E-state index in [2.05, 4.69) is 26.7 Å². The van der Waals surface area contributed by atoms with Crippen molar-refractivity contribution in [2.75, 3.05) is 31.1 Å². The van der Waals surface area contributed by atoms with Crippen molar-refractivity contribution in [3.63, 3.8) is 0 Å². The molecule has 1 unspecified atom stereocenters. The van der Waals surface area contributed by atoms with Gasteiger partial charge in [0.15, 0.2) is 0 Å². The second-order valence-electron chi connectivity index (χ2n) is 11.0. The maximum Gasteiger partial charge on any atom is 0.253 e. The molecule has 0 radical (unpaired) electrons. The predicted octanol–water partition coefficient (Wildman–Crippen LogP) is 5.22. The Hall–Kier alpha value is -2.94. The van der Waals surface area contributed by atoms with Crippen LogP contribution in [0.5, 0.6) is 0 Å². The van der Waals surface area contributed by atoms with E-state index in [-0.39, 0.29) is 21.9 Å². The lowest BCUT2D eigenvalue weighted by atomic mass is 9.71. The molecule has 1 atom stereocenters. The number of piperidine rings is 2. The topological polar surface area (TPSA) is 82.6 Å². The van der Waals surface area contributed by atoms with Crippen LogP contribution in [-0.2, 0) is 16.4 Å². The fourth-order valence-electron chi connectivity index (χ4n) is 6.43. The minimum Gasteiger partial charge on any atom is -0.371 e. The second kappa shape index (κ2) is 10.6. The van der Waals surface area contributed by atoms with Gasteiger partial charge in [-0.15, -0.1) is 0 Å². The van der Waals surface area contributed by atoms with Gasteiger partial charge in [0.05, 0.1) is 5.02 Å². The highest BCUT2D eigenvalue weighted by molar-refractivity contribution is 7.89. The molecule has 3 heterocycles. The SMILES string of the molecule is O=C(c1ccc2c(c1)C(NS(=O)(=O)c1ccccc1Cl)CC2)N1CCC2(CC1)CCN(c1ccncc1)CC2. The van der Waals surface area contributed by atoms with Gasteiger partial charge < -0.3 is 9.80 Å². The highest BCUT2D eigenvalue weighted by atomic mass is 35.5. The molecule has 39 heavy (non-hydrogen) atoms. The number of nitrogens with zero attached hydrogens (tertiary/aromatic N) is 3. The summed E-state index contributed by atoms with van der Waals surface area (Å²) in [5.74, 6) is 0.0292. The van der Waals surface area contributed by atoms with Gasteiger partial charge in [-0.3, -0.25) is 9.78 Å².